The molecule has 1 aromatic carbocycles. The lowest BCUT2D eigenvalue weighted by atomic mass is 9.89. The first-order valence-corrected chi connectivity index (χ1v) is 6.82. The van der Waals surface area contributed by atoms with Gasteiger partial charge in [0, 0.05) is 23.9 Å². The van der Waals surface area contributed by atoms with E-state index in [0.717, 1.165) is 32.5 Å². The van der Waals surface area contributed by atoms with Crippen molar-refractivity contribution in [3.8, 4) is 0 Å². The third kappa shape index (κ3) is 4.44. The first-order valence-electron chi connectivity index (χ1n) is 6.29. The van der Waals surface area contributed by atoms with Gasteiger partial charge in [-0.15, -0.1) is 24.0 Å². The van der Waals surface area contributed by atoms with Crippen molar-refractivity contribution < 1.29 is 9.18 Å². The van der Waals surface area contributed by atoms with E-state index in [4.69, 9.17) is 11.6 Å². The Hall–Kier alpha value is -0.640. The average Bonchev–Trinajstić information content (AvgIpc) is 2.40. The topological polar surface area (TPSA) is 20.3 Å². The highest BCUT2D eigenvalue weighted by Gasteiger charge is 2.25. The van der Waals surface area contributed by atoms with E-state index in [2.05, 4.69) is 4.90 Å². The molecule has 0 atom stereocenters. The van der Waals surface area contributed by atoms with Crippen LogP contribution in [0.25, 0.3) is 0 Å². The van der Waals surface area contributed by atoms with Crippen molar-refractivity contribution in [1.82, 2.24) is 4.90 Å². The van der Waals surface area contributed by atoms with Gasteiger partial charge in [-0.25, -0.2) is 4.39 Å². The molecule has 0 bridgehead atoms. The van der Waals surface area contributed by atoms with Crippen LogP contribution in [-0.2, 0) is 0 Å². The first kappa shape index (κ1) is 16.4. The number of nitrogens with zero attached hydrogens (tertiary/aromatic N) is 1. The van der Waals surface area contributed by atoms with Gasteiger partial charge in [-0.1, -0.05) is 0 Å². The number of carbonyl (C=O) groups excluding carboxylic acids is 1. The number of likely N-dealkylation sites (tertiary alicyclic amines) is 1. The van der Waals surface area contributed by atoms with Gasteiger partial charge in [-0.2, -0.15) is 0 Å². The van der Waals surface area contributed by atoms with Crippen molar-refractivity contribution in [1.29, 1.82) is 0 Å². The summed E-state index contributed by atoms with van der Waals surface area (Å²) in [5, 5.41) is 0. The molecular weight excluding hydrogens is 288 g/mol. The molecule has 19 heavy (non-hydrogen) atoms. The van der Waals surface area contributed by atoms with Crippen LogP contribution in [0.3, 0.4) is 0 Å². The van der Waals surface area contributed by atoms with Gasteiger partial charge in [0.2, 0.25) is 0 Å². The van der Waals surface area contributed by atoms with E-state index < -0.39 is 0 Å². The van der Waals surface area contributed by atoms with E-state index in [1.165, 1.54) is 12.1 Å². The molecule has 1 fully saturated rings. The Bertz CT molecular complexity index is 402. The van der Waals surface area contributed by atoms with Gasteiger partial charge in [0.15, 0.2) is 5.78 Å². The Labute approximate surface area is 124 Å². The largest absolute Gasteiger partial charge is 0.302 e. The number of Topliss-reactive ketones (excluding diaryl/α,β-unsaturated/α-hetero) is 1. The summed E-state index contributed by atoms with van der Waals surface area (Å²) in [7, 11) is 0. The summed E-state index contributed by atoms with van der Waals surface area (Å²) < 4.78 is 12.8. The van der Waals surface area contributed by atoms with Crippen molar-refractivity contribution in [2.45, 2.75) is 12.8 Å². The number of benzene rings is 1. The molecule has 2 nitrogen and oxygen atoms in total. The molecule has 0 N–H and O–H groups in total. The lowest BCUT2D eigenvalue weighted by molar-refractivity contribution is 0.0845. The van der Waals surface area contributed by atoms with E-state index in [1.807, 2.05) is 0 Å². The molecule has 0 saturated carbocycles. The highest BCUT2D eigenvalue weighted by Crippen LogP contribution is 2.21. The lowest BCUT2D eigenvalue weighted by Gasteiger charge is -2.30. The van der Waals surface area contributed by atoms with Crippen LogP contribution < -0.4 is 0 Å². The standard InChI is InChI=1S/C14H17ClFNO.ClH/c15-7-10-17-8-5-12(6-9-17)14(18)11-1-3-13(16)4-2-11;/h1-4,12H,5-10H2;1H. The van der Waals surface area contributed by atoms with Gasteiger partial charge in [0.1, 0.15) is 5.82 Å². The minimum atomic E-state index is -0.302. The fraction of sp³-hybridized carbons (Fsp3) is 0.500. The Balaban J connectivity index is 0.00000180. The number of alkyl halides is 1. The van der Waals surface area contributed by atoms with Crippen molar-refractivity contribution in [2.75, 3.05) is 25.5 Å². The molecule has 0 aromatic heterocycles. The molecule has 0 unspecified atom stereocenters. The molecule has 1 saturated heterocycles. The minimum Gasteiger partial charge on any atom is -0.302 e. The van der Waals surface area contributed by atoms with Crippen LogP contribution in [0.4, 0.5) is 4.39 Å². The second kappa shape index (κ2) is 7.83. The zero-order valence-corrected chi connectivity index (χ0v) is 12.2. The number of ketones is 1. The van der Waals surface area contributed by atoms with E-state index >= 15 is 0 Å². The lowest BCUT2D eigenvalue weighted by Crippen LogP contribution is -2.37. The fourth-order valence-electron chi connectivity index (χ4n) is 2.39. The summed E-state index contributed by atoms with van der Waals surface area (Å²) in [6.07, 6.45) is 1.74. The molecule has 5 heteroatoms. The van der Waals surface area contributed by atoms with Gasteiger partial charge in [0.05, 0.1) is 0 Å². The SMILES string of the molecule is Cl.O=C(c1ccc(F)cc1)C1CCN(CCCl)CC1. The quantitative estimate of drug-likeness (QED) is 0.628. The van der Waals surface area contributed by atoms with Crippen molar-refractivity contribution in [3.05, 3.63) is 35.6 Å². The van der Waals surface area contributed by atoms with E-state index in [1.54, 1.807) is 12.1 Å². The van der Waals surface area contributed by atoms with Gasteiger partial charge in [-0.05, 0) is 50.2 Å². The maximum Gasteiger partial charge on any atom is 0.166 e. The molecule has 0 aliphatic carbocycles. The monoisotopic (exact) mass is 305 g/mol. The summed E-state index contributed by atoms with van der Waals surface area (Å²) in [4.78, 5) is 14.5. The normalized spacial score (nSPS) is 16.9. The van der Waals surface area contributed by atoms with Crippen LogP contribution in [0.5, 0.6) is 0 Å². The third-order valence-electron chi connectivity index (χ3n) is 3.49. The predicted octanol–water partition coefficient (Wildman–Crippen LogP) is 3.38. The highest BCUT2D eigenvalue weighted by molar-refractivity contribution is 6.18. The highest BCUT2D eigenvalue weighted by atomic mass is 35.5. The summed E-state index contributed by atoms with van der Waals surface area (Å²) >= 11 is 5.70. The van der Waals surface area contributed by atoms with Crippen LogP contribution in [0, 0.1) is 11.7 Å². The maximum atomic E-state index is 12.8. The van der Waals surface area contributed by atoms with E-state index in [0.29, 0.717) is 11.4 Å². The molecule has 0 amide bonds. The van der Waals surface area contributed by atoms with Crippen molar-refractivity contribution >= 4 is 29.8 Å². The minimum absolute atomic E-state index is 0. The fourth-order valence-corrected chi connectivity index (χ4v) is 2.63. The summed E-state index contributed by atoms with van der Waals surface area (Å²) in [6, 6.07) is 5.83. The molecule has 0 spiro atoms. The molecule has 1 aliphatic rings. The zero-order chi connectivity index (χ0) is 13.0. The number of rotatable bonds is 4. The Kier molecular flexibility index (Phi) is 6.76. The predicted molar refractivity (Wildman–Crippen MR) is 77.9 cm³/mol. The molecule has 1 aromatic rings. The number of halogens is 3. The van der Waals surface area contributed by atoms with Crippen LogP contribution in [0.15, 0.2) is 24.3 Å². The van der Waals surface area contributed by atoms with Crippen LogP contribution in [0.1, 0.15) is 23.2 Å². The molecule has 2 rings (SSSR count). The molecule has 106 valence electrons. The van der Waals surface area contributed by atoms with Crippen LogP contribution >= 0.6 is 24.0 Å². The van der Waals surface area contributed by atoms with Crippen LogP contribution in [0.2, 0.25) is 0 Å². The smallest absolute Gasteiger partial charge is 0.166 e. The van der Waals surface area contributed by atoms with Gasteiger partial charge < -0.3 is 4.90 Å². The number of hydrogen-bond acceptors (Lipinski definition) is 2. The van der Waals surface area contributed by atoms with E-state index in [9.17, 15) is 9.18 Å². The van der Waals surface area contributed by atoms with Gasteiger partial charge in [0.25, 0.3) is 0 Å². The Morgan fingerprint density at radius 2 is 1.84 bits per heavy atom. The summed E-state index contributed by atoms with van der Waals surface area (Å²) in [5.74, 6) is 0.544. The van der Waals surface area contributed by atoms with E-state index in [-0.39, 0.29) is 29.9 Å². The second-order valence-corrected chi connectivity index (χ2v) is 5.05. The molecule has 1 heterocycles. The molecular formula is C14H18Cl2FNO. The average molecular weight is 306 g/mol. The molecule has 1 aliphatic heterocycles. The van der Waals surface area contributed by atoms with Crippen LogP contribution in [-0.4, -0.2) is 36.2 Å². The Morgan fingerprint density at radius 1 is 1.26 bits per heavy atom. The first-order chi connectivity index (χ1) is 8.70. The third-order valence-corrected chi connectivity index (χ3v) is 3.66. The van der Waals surface area contributed by atoms with Crippen molar-refractivity contribution in [2.24, 2.45) is 5.92 Å². The number of piperidine rings is 1. The second-order valence-electron chi connectivity index (χ2n) is 4.68. The van der Waals surface area contributed by atoms with Crippen molar-refractivity contribution in [3.63, 3.8) is 0 Å². The summed E-state index contributed by atoms with van der Waals surface area (Å²) in [5.41, 5.74) is 0.618. The Morgan fingerprint density at radius 3 is 2.37 bits per heavy atom. The number of carbonyl (C=O) groups is 1. The zero-order valence-electron chi connectivity index (χ0n) is 10.6. The van der Waals surface area contributed by atoms with Gasteiger partial charge in [-0.3, -0.25) is 4.79 Å². The number of hydrogen-bond donors (Lipinski definition) is 0. The molecule has 0 radical (unpaired) electrons. The maximum absolute atomic E-state index is 12.8. The summed E-state index contributed by atoms with van der Waals surface area (Å²) in [6.45, 7) is 2.73. The van der Waals surface area contributed by atoms with Gasteiger partial charge >= 0.3 is 0 Å².